The van der Waals surface area contributed by atoms with Gasteiger partial charge in [-0.05, 0) is 55.8 Å². The smallest absolute Gasteiger partial charge is 0.338 e. The lowest BCUT2D eigenvalue weighted by Crippen LogP contribution is -2.56. The summed E-state index contributed by atoms with van der Waals surface area (Å²) in [6.07, 6.45) is 0. The average Bonchev–Trinajstić information content (AvgIpc) is 2.87. The third kappa shape index (κ3) is 5.78. The summed E-state index contributed by atoms with van der Waals surface area (Å²) in [7, 11) is 1.62. The van der Waals surface area contributed by atoms with Crippen molar-refractivity contribution >= 4 is 29.5 Å². The first-order valence-corrected chi connectivity index (χ1v) is 12.6. The Kier molecular flexibility index (Phi) is 8.14. The third-order valence-corrected chi connectivity index (χ3v) is 6.93. The number of benzene rings is 2. The second-order valence-electron chi connectivity index (χ2n) is 9.17. The first kappa shape index (κ1) is 26.6. The minimum atomic E-state index is -0.713. The van der Waals surface area contributed by atoms with Crippen LogP contribution >= 0.6 is 11.6 Å². The molecular weight excluding hydrogens is 499 g/mol. The fourth-order valence-corrected chi connectivity index (χ4v) is 4.98. The van der Waals surface area contributed by atoms with Crippen LogP contribution in [0.15, 0.2) is 59.8 Å². The van der Waals surface area contributed by atoms with Gasteiger partial charge in [-0.15, -0.1) is 0 Å². The second-order valence-corrected chi connectivity index (χ2v) is 9.60. The number of amides is 3. The molecule has 0 saturated carbocycles. The van der Waals surface area contributed by atoms with Crippen molar-refractivity contribution in [1.29, 1.82) is 0 Å². The van der Waals surface area contributed by atoms with Crippen LogP contribution in [0.5, 0.6) is 0 Å². The number of likely N-dealkylation sites (N-methyl/N-ethyl adjacent to an activating group) is 1. The highest BCUT2D eigenvalue weighted by Gasteiger charge is 2.38. The number of hydrogen-bond donors (Lipinski definition) is 1. The Balaban J connectivity index is 1.59. The summed E-state index contributed by atoms with van der Waals surface area (Å²) < 4.78 is 18.7. The van der Waals surface area contributed by atoms with Gasteiger partial charge in [0.05, 0.1) is 18.2 Å². The molecule has 0 radical (unpaired) electrons. The zero-order valence-corrected chi connectivity index (χ0v) is 21.8. The number of urea groups is 1. The maximum absolute atomic E-state index is 13.3. The highest BCUT2D eigenvalue weighted by atomic mass is 35.5. The van der Waals surface area contributed by atoms with Gasteiger partial charge in [0, 0.05) is 55.6 Å². The highest BCUT2D eigenvalue weighted by Crippen LogP contribution is 2.33. The van der Waals surface area contributed by atoms with Crippen molar-refractivity contribution in [3.05, 3.63) is 81.8 Å². The molecule has 2 aromatic rings. The minimum Gasteiger partial charge on any atom is -0.463 e. The average molecular weight is 529 g/mol. The van der Waals surface area contributed by atoms with Gasteiger partial charge in [0.25, 0.3) is 5.91 Å². The summed E-state index contributed by atoms with van der Waals surface area (Å²) in [5, 5.41) is 3.38. The molecule has 3 amide bonds. The molecule has 0 spiro atoms. The van der Waals surface area contributed by atoms with Gasteiger partial charge in [-0.25, -0.2) is 14.0 Å². The molecule has 2 atom stereocenters. The van der Waals surface area contributed by atoms with Crippen molar-refractivity contribution in [2.24, 2.45) is 0 Å². The van der Waals surface area contributed by atoms with E-state index in [4.69, 9.17) is 16.3 Å². The van der Waals surface area contributed by atoms with E-state index in [1.165, 1.54) is 29.2 Å². The van der Waals surface area contributed by atoms with Crippen LogP contribution < -0.4 is 5.32 Å². The molecular formula is C27H30ClFN4O4. The van der Waals surface area contributed by atoms with E-state index in [2.05, 4.69) is 10.2 Å². The molecule has 196 valence electrons. The SMILES string of the molecule is CCOC(=O)C1=C(CN2CCN(C(=O)c3ccc(F)cc3)[C@H](C)C2)N(C)C(=O)N[C@H]1c1cccc(Cl)c1. The Morgan fingerprint density at radius 2 is 1.89 bits per heavy atom. The quantitative estimate of drug-likeness (QED) is 0.576. The molecule has 4 rings (SSSR count). The maximum Gasteiger partial charge on any atom is 0.338 e. The Morgan fingerprint density at radius 3 is 2.54 bits per heavy atom. The summed E-state index contributed by atoms with van der Waals surface area (Å²) in [6, 6.07) is 11.4. The molecule has 2 aromatic carbocycles. The predicted molar refractivity (Wildman–Crippen MR) is 137 cm³/mol. The molecule has 37 heavy (non-hydrogen) atoms. The number of rotatable bonds is 6. The van der Waals surface area contributed by atoms with E-state index >= 15 is 0 Å². The molecule has 2 aliphatic rings. The van der Waals surface area contributed by atoms with Crippen LogP contribution in [-0.2, 0) is 9.53 Å². The van der Waals surface area contributed by atoms with E-state index in [-0.39, 0.29) is 24.6 Å². The van der Waals surface area contributed by atoms with E-state index in [0.29, 0.717) is 53.6 Å². The van der Waals surface area contributed by atoms with E-state index in [0.717, 1.165) is 0 Å². The Hall–Kier alpha value is -3.43. The molecule has 1 saturated heterocycles. The third-order valence-electron chi connectivity index (χ3n) is 6.69. The molecule has 0 unspecified atom stereocenters. The fraction of sp³-hybridized carbons (Fsp3) is 0.370. The number of hydrogen-bond acceptors (Lipinski definition) is 5. The standard InChI is InChI=1S/C27H30ClFN4O4/c1-4-37-26(35)23-22(31(3)27(36)30-24(23)19-6-5-7-20(28)14-19)16-32-12-13-33(17(2)15-32)25(34)18-8-10-21(29)11-9-18/h5-11,14,17,24H,4,12-13,15-16H2,1-3H3,(H,30,36)/t17-,24+/m1/s1. The number of nitrogens with zero attached hydrogens (tertiary/aromatic N) is 3. The number of esters is 1. The van der Waals surface area contributed by atoms with Gasteiger partial charge < -0.3 is 15.0 Å². The summed E-state index contributed by atoms with van der Waals surface area (Å²) in [4.78, 5) is 44.4. The molecule has 1 fully saturated rings. The van der Waals surface area contributed by atoms with E-state index in [9.17, 15) is 18.8 Å². The predicted octanol–water partition coefficient (Wildman–Crippen LogP) is 3.84. The van der Waals surface area contributed by atoms with Crippen LogP contribution in [-0.4, -0.2) is 78.5 Å². The summed E-state index contributed by atoms with van der Waals surface area (Å²) >= 11 is 6.20. The first-order valence-electron chi connectivity index (χ1n) is 12.2. The minimum absolute atomic E-state index is 0.135. The van der Waals surface area contributed by atoms with Gasteiger partial charge in [0.1, 0.15) is 5.82 Å². The lowest BCUT2D eigenvalue weighted by molar-refractivity contribution is -0.139. The first-order chi connectivity index (χ1) is 17.7. The monoisotopic (exact) mass is 528 g/mol. The van der Waals surface area contributed by atoms with Crippen molar-refractivity contribution in [3.63, 3.8) is 0 Å². The summed E-state index contributed by atoms with van der Waals surface area (Å²) in [5.41, 5.74) is 2.00. The van der Waals surface area contributed by atoms with Crippen LogP contribution in [0.4, 0.5) is 9.18 Å². The van der Waals surface area contributed by atoms with Gasteiger partial charge in [0.15, 0.2) is 0 Å². The number of halogens is 2. The van der Waals surface area contributed by atoms with Gasteiger partial charge in [-0.1, -0.05) is 23.7 Å². The van der Waals surface area contributed by atoms with Crippen molar-refractivity contribution in [2.75, 3.05) is 39.8 Å². The molecule has 0 bridgehead atoms. The zero-order valence-electron chi connectivity index (χ0n) is 21.0. The van der Waals surface area contributed by atoms with Crippen molar-refractivity contribution in [2.45, 2.75) is 25.9 Å². The van der Waals surface area contributed by atoms with Gasteiger partial charge in [-0.2, -0.15) is 0 Å². The Morgan fingerprint density at radius 1 is 1.16 bits per heavy atom. The Labute approximate surface area is 220 Å². The molecule has 2 heterocycles. The van der Waals surface area contributed by atoms with Crippen molar-refractivity contribution in [3.8, 4) is 0 Å². The van der Waals surface area contributed by atoms with Gasteiger partial charge in [-0.3, -0.25) is 14.6 Å². The zero-order chi connectivity index (χ0) is 26.7. The summed E-state index contributed by atoms with van der Waals surface area (Å²) in [5.74, 6) is -1.06. The summed E-state index contributed by atoms with van der Waals surface area (Å²) in [6.45, 7) is 5.71. The van der Waals surface area contributed by atoms with Crippen LogP contribution in [0.2, 0.25) is 5.02 Å². The van der Waals surface area contributed by atoms with Crippen LogP contribution in [0, 0.1) is 5.82 Å². The number of carbonyl (C=O) groups is 3. The highest BCUT2D eigenvalue weighted by molar-refractivity contribution is 6.30. The largest absolute Gasteiger partial charge is 0.463 e. The number of piperazine rings is 1. The maximum atomic E-state index is 13.3. The van der Waals surface area contributed by atoms with Crippen LogP contribution in [0.3, 0.4) is 0 Å². The molecule has 0 aromatic heterocycles. The van der Waals surface area contributed by atoms with Crippen molar-refractivity contribution in [1.82, 2.24) is 20.0 Å². The fourth-order valence-electron chi connectivity index (χ4n) is 4.78. The van der Waals surface area contributed by atoms with E-state index in [1.54, 1.807) is 43.1 Å². The molecule has 2 aliphatic heterocycles. The lowest BCUT2D eigenvalue weighted by atomic mass is 9.94. The normalized spacial score (nSPS) is 20.6. The molecule has 0 aliphatic carbocycles. The number of nitrogens with one attached hydrogen (secondary N) is 1. The van der Waals surface area contributed by atoms with Gasteiger partial charge >= 0.3 is 12.0 Å². The molecule has 8 nitrogen and oxygen atoms in total. The molecule has 10 heteroatoms. The van der Waals surface area contributed by atoms with Crippen LogP contribution in [0.1, 0.15) is 35.8 Å². The van der Waals surface area contributed by atoms with Crippen molar-refractivity contribution < 1.29 is 23.5 Å². The topological polar surface area (TPSA) is 82.2 Å². The van der Waals surface area contributed by atoms with Gasteiger partial charge in [0.2, 0.25) is 0 Å². The Bertz CT molecular complexity index is 1220. The van der Waals surface area contributed by atoms with E-state index in [1.807, 2.05) is 6.92 Å². The van der Waals surface area contributed by atoms with Crippen LogP contribution in [0.25, 0.3) is 0 Å². The van der Waals surface area contributed by atoms with E-state index < -0.39 is 17.8 Å². The number of carbonyl (C=O) groups excluding carboxylic acids is 3. The number of ether oxygens (including phenoxy) is 1. The lowest BCUT2D eigenvalue weighted by Gasteiger charge is -2.42. The second kappa shape index (κ2) is 11.3. The molecule has 1 N–H and O–H groups in total.